The van der Waals surface area contributed by atoms with E-state index in [2.05, 4.69) is 35.5 Å². The third kappa shape index (κ3) is 1.29. The predicted octanol–water partition coefficient (Wildman–Crippen LogP) is 3.40. The summed E-state index contributed by atoms with van der Waals surface area (Å²) in [7, 11) is 0. The minimum Gasteiger partial charge on any atom is -0.0984 e. The highest BCUT2D eigenvalue weighted by Gasteiger charge is 1.95. The van der Waals surface area contributed by atoms with E-state index in [-0.39, 0.29) is 0 Å². The molecule has 1 aromatic carbocycles. The Hall–Kier alpha value is -0.560. The molecule has 0 fully saturated rings. The molecule has 0 unspecified atom stereocenters. The fourth-order valence-electron chi connectivity index (χ4n) is 0.903. The number of rotatable bonds is 1. The molecule has 0 amide bonds. The smallest absolute Gasteiger partial charge is 0.0250 e. The van der Waals surface area contributed by atoms with Crippen molar-refractivity contribution in [1.29, 1.82) is 0 Å². The van der Waals surface area contributed by atoms with Gasteiger partial charge in [0.05, 0.1) is 0 Å². The van der Waals surface area contributed by atoms with E-state index >= 15 is 0 Å². The highest BCUT2D eigenvalue weighted by atomic mass is 79.9. The predicted molar refractivity (Wildman–Crippen MR) is 49.0 cm³/mol. The van der Waals surface area contributed by atoms with Gasteiger partial charge in [0.15, 0.2) is 0 Å². The Kier molecular flexibility index (Phi) is 2.28. The molecule has 0 aliphatic rings. The zero-order valence-corrected chi connectivity index (χ0v) is 7.48. The van der Waals surface area contributed by atoms with E-state index < -0.39 is 0 Å². The van der Waals surface area contributed by atoms with Gasteiger partial charge in [-0.25, -0.2) is 0 Å². The maximum Gasteiger partial charge on any atom is 0.0250 e. The molecular formula is C9H9Br. The SMILES string of the molecule is C=Cc1c(C)cccc1Br. The molecule has 1 heteroatoms. The first-order chi connectivity index (χ1) is 4.75. The van der Waals surface area contributed by atoms with Gasteiger partial charge in [-0.15, -0.1) is 0 Å². The van der Waals surface area contributed by atoms with Gasteiger partial charge in [-0.3, -0.25) is 0 Å². The summed E-state index contributed by atoms with van der Waals surface area (Å²) in [6, 6.07) is 6.11. The molecule has 0 saturated heterocycles. The summed E-state index contributed by atoms with van der Waals surface area (Å²) >= 11 is 3.44. The van der Waals surface area contributed by atoms with Gasteiger partial charge in [0.1, 0.15) is 0 Å². The van der Waals surface area contributed by atoms with Crippen LogP contribution in [0.2, 0.25) is 0 Å². The van der Waals surface area contributed by atoms with E-state index in [0.717, 1.165) is 4.47 Å². The van der Waals surface area contributed by atoms with Crippen molar-refractivity contribution in [2.45, 2.75) is 6.92 Å². The zero-order valence-electron chi connectivity index (χ0n) is 5.89. The van der Waals surface area contributed by atoms with Crippen LogP contribution in [0.25, 0.3) is 6.08 Å². The van der Waals surface area contributed by atoms with Gasteiger partial charge < -0.3 is 0 Å². The average molecular weight is 197 g/mol. The van der Waals surface area contributed by atoms with Gasteiger partial charge in [0.25, 0.3) is 0 Å². The molecule has 0 aliphatic carbocycles. The van der Waals surface area contributed by atoms with Crippen molar-refractivity contribution in [1.82, 2.24) is 0 Å². The molecular weight excluding hydrogens is 188 g/mol. The summed E-state index contributed by atoms with van der Waals surface area (Å²) in [6.07, 6.45) is 1.86. The largest absolute Gasteiger partial charge is 0.0984 e. The van der Waals surface area contributed by atoms with Crippen molar-refractivity contribution < 1.29 is 0 Å². The number of aryl methyl sites for hydroxylation is 1. The fraction of sp³-hybridized carbons (Fsp3) is 0.111. The van der Waals surface area contributed by atoms with Crippen LogP contribution in [0.4, 0.5) is 0 Å². The van der Waals surface area contributed by atoms with Crippen molar-refractivity contribution in [3.8, 4) is 0 Å². The highest BCUT2D eigenvalue weighted by Crippen LogP contribution is 2.20. The van der Waals surface area contributed by atoms with E-state index in [1.165, 1.54) is 11.1 Å². The molecule has 0 bridgehead atoms. The molecule has 0 heterocycles. The van der Waals surface area contributed by atoms with Gasteiger partial charge in [-0.1, -0.05) is 40.7 Å². The van der Waals surface area contributed by atoms with Crippen molar-refractivity contribution >= 4 is 22.0 Å². The van der Waals surface area contributed by atoms with Crippen molar-refractivity contribution in [3.05, 3.63) is 40.4 Å². The normalized spacial score (nSPS) is 9.40. The first-order valence-corrected chi connectivity index (χ1v) is 3.92. The molecule has 10 heavy (non-hydrogen) atoms. The number of hydrogen-bond donors (Lipinski definition) is 0. The minimum absolute atomic E-state index is 1.11. The van der Waals surface area contributed by atoms with Crippen LogP contribution in [0, 0.1) is 6.92 Å². The fourth-order valence-corrected chi connectivity index (χ4v) is 1.53. The zero-order chi connectivity index (χ0) is 7.56. The van der Waals surface area contributed by atoms with Gasteiger partial charge in [0.2, 0.25) is 0 Å². The van der Waals surface area contributed by atoms with E-state index in [9.17, 15) is 0 Å². The topological polar surface area (TPSA) is 0 Å². The molecule has 0 atom stereocenters. The molecule has 52 valence electrons. The first kappa shape index (κ1) is 7.55. The summed E-state index contributed by atoms with van der Waals surface area (Å²) in [6.45, 7) is 5.79. The molecule has 0 aromatic heterocycles. The van der Waals surface area contributed by atoms with Crippen LogP contribution >= 0.6 is 15.9 Å². The van der Waals surface area contributed by atoms with Crippen LogP contribution in [-0.4, -0.2) is 0 Å². The number of halogens is 1. The quantitative estimate of drug-likeness (QED) is 0.647. The van der Waals surface area contributed by atoms with Crippen molar-refractivity contribution in [3.63, 3.8) is 0 Å². The maximum absolute atomic E-state index is 3.72. The van der Waals surface area contributed by atoms with E-state index in [1.54, 1.807) is 0 Å². The second kappa shape index (κ2) is 3.02. The maximum atomic E-state index is 3.72. The van der Waals surface area contributed by atoms with Crippen molar-refractivity contribution in [2.75, 3.05) is 0 Å². The molecule has 0 spiro atoms. The van der Waals surface area contributed by atoms with Crippen LogP contribution in [0.3, 0.4) is 0 Å². The van der Waals surface area contributed by atoms with Gasteiger partial charge in [-0.2, -0.15) is 0 Å². The molecule has 0 radical (unpaired) electrons. The third-order valence-electron chi connectivity index (χ3n) is 1.48. The molecule has 0 saturated carbocycles. The third-order valence-corrected chi connectivity index (χ3v) is 2.17. The van der Waals surface area contributed by atoms with Gasteiger partial charge in [0, 0.05) is 4.47 Å². The molecule has 0 nitrogen and oxygen atoms in total. The lowest BCUT2D eigenvalue weighted by atomic mass is 10.1. The highest BCUT2D eigenvalue weighted by molar-refractivity contribution is 9.10. The summed E-state index contributed by atoms with van der Waals surface area (Å²) < 4.78 is 1.11. The molecule has 0 N–H and O–H groups in total. The Balaban J connectivity index is 3.30. The minimum atomic E-state index is 1.11. The lowest BCUT2D eigenvalue weighted by molar-refractivity contribution is 1.42. The lowest BCUT2D eigenvalue weighted by Gasteiger charge is -2.00. The van der Waals surface area contributed by atoms with E-state index in [0.29, 0.717) is 0 Å². The molecule has 1 rings (SSSR count). The second-order valence-corrected chi connectivity index (χ2v) is 3.03. The monoisotopic (exact) mass is 196 g/mol. The van der Waals surface area contributed by atoms with Crippen LogP contribution in [-0.2, 0) is 0 Å². The Morgan fingerprint density at radius 1 is 1.50 bits per heavy atom. The Morgan fingerprint density at radius 2 is 2.20 bits per heavy atom. The Morgan fingerprint density at radius 3 is 2.60 bits per heavy atom. The van der Waals surface area contributed by atoms with Gasteiger partial charge >= 0.3 is 0 Å². The lowest BCUT2D eigenvalue weighted by Crippen LogP contribution is -1.79. The summed E-state index contributed by atoms with van der Waals surface area (Å²) in [5.74, 6) is 0. The second-order valence-electron chi connectivity index (χ2n) is 2.17. The van der Waals surface area contributed by atoms with E-state index in [1.807, 2.05) is 18.2 Å². The summed E-state index contributed by atoms with van der Waals surface area (Å²) in [4.78, 5) is 0. The number of hydrogen-bond acceptors (Lipinski definition) is 0. The molecule has 0 aliphatic heterocycles. The van der Waals surface area contributed by atoms with Crippen LogP contribution in [0.15, 0.2) is 29.3 Å². The standard InChI is InChI=1S/C9H9Br/c1-3-8-7(2)5-4-6-9(8)10/h3-6H,1H2,2H3. The van der Waals surface area contributed by atoms with Gasteiger partial charge in [-0.05, 0) is 24.1 Å². The summed E-state index contributed by atoms with van der Waals surface area (Å²) in [5, 5.41) is 0. The van der Waals surface area contributed by atoms with Crippen LogP contribution in [0.1, 0.15) is 11.1 Å². The Labute approximate surface area is 69.7 Å². The molecule has 1 aromatic rings. The summed E-state index contributed by atoms with van der Waals surface area (Å²) in [5.41, 5.74) is 2.44. The van der Waals surface area contributed by atoms with Crippen molar-refractivity contribution in [2.24, 2.45) is 0 Å². The Bertz CT molecular complexity index is 231. The number of benzene rings is 1. The van der Waals surface area contributed by atoms with E-state index in [4.69, 9.17) is 0 Å². The average Bonchev–Trinajstić information content (AvgIpc) is 1.88. The van der Waals surface area contributed by atoms with Crippen LogP contribution < -0.4 is 0 Å². The van der Waals surface area contributed by atoms with Crippen LogP contribution in [0.5, 0.6) is 0 Å². The first-order valence-electron chi connectivity index (χ1n) is 3.13.